The number of nitrogens with zero attached hydrogens (tertiary/aromatic N) is 3. The Hall–Kier alpha value is -1.20. The quantitative estimate of drug-likeness (QED) is 0.829. The molecule has 0 N–H and O–H groups in total. The van der Waals surface area contributed by atoms with Crippen LogP contribution in [0.25, 0.3) is 0 Å². The minimum absolute atomic E-state index is 0.254. The highest BCUT2D eigenvalue weighted by Gasteiger charge is 2.46. The number of morpholine rings is 1. The zero-order valence-electron chi connectivity index (χ0n) is 12.2. The van der Waals surface area contributed by atoms with Crippen molar-refractivity contribution in [3.8, 4) is 0 Å². The number of Topliss-reactive ketones (excluding diaryl/α,β-unsaturated/α-hetero) is 1. The van der Waals surface area contributed by atoms with Crippen LogP contribution in [0.4, 0.5) is 0 Å². The molecule has 1 saturated heterocycles. The Morgan fingerprint density at radius 1 is 1.35 bits per heavy atom. The first-order valence-electron chi connectivity index (χ1n) is 7.55. The van der Waals surface area contributed by atoms with Gasteiger partial charge in [-0.15, -0.1) is 0 Å². The number of ether oxygens (including phenoxy) is 1. The Morgan fingerprint density at radius 2 is 2.05 bits per heavy atom. The molecule has 0 aromatic carbocycles. The van der Waals surface area contributed by atoms with E-state index in [4.69, 9.17) is 4.74 Å². The van der Waals surface area contributed by atoms with Crippen molar-refractivity contribution in [2.45, 2.75) is 37.6 Å². The van der Waals surface area contributed by atoms with Gasteiger partial charge < -0.3 is 9.30 Å². The van der Waals surface area contributed by atoms with Gasteiger partial charge in [-0.25, -0.2) is 4.98 Å². The van der Waals surface area contributed by atoms with E-state index in [0.717, 1.165) is 57.8 Å². The van der Waals surface area contributed by atoms with Gasteiger partial charge in [0.05, 0.1) is 25.2 Å². The number of imidazole rings is 1. The highest BCUT2D eigenvalue weighted by Crippen LogP contribution is 2.37. The standard InChI is InChI=1S/C15H23N3O2/c1-17-7-6-16-14(17)12-13(19)15(4-2-3-5-15)18-8-10-20-11-9-18/h6-7H,2-5,8-12H2,1H3. The van der Waals surface area contributed by atoms with Crippen molar-refractivity contribution in [3.63, 3.8) is 0 Å². The van der Waals surface area contributed by atoms with Crippen molar-refractivity contribution in [2.75, 3.05) is 26.3 Å². The summed E-state index contributed by atoms with van der Waals surface area (Å²) in [5, 5.41) is 0. The average Bonchev–Trinajstić information content (AvgIpc) is 3.11. The molecular weight excluding hydrogens is 254 g/mol. The molecule has 5 heteroatoms. The van der Waals surface area contributed by atoms with Crippen LogP contribution in [0.3, 0.4) is 0 Å². The zero-order chi connectivity index (χ0) is 14.0. The van der Waals surface area contributed by atoms with Gasteiger partial charge in [-0.3, -0.25) is 9.69 Å². The number of carbonyl (C=O) groups is 1. The largest absolute Gasteiger partial charge is 0.379 e. The highest BCUT2D eigenvalue weighted by molar-refractivity contribution is 5.90. The van der Waals surface area contributed by atoms with E-state index in [2.05, 4.69) is 9.88 Å². The van der Waals surface area contributed by atoms with Crippen molar-refractivity contribution in [1.29, 1.82) is 0 Å². The minimum Gasteiger partial charge on any atom is -0.379 e. The van der Waals surface area contributed by atoms with Crippen LogP contribution in [0, 0.1) is 0 Å². The smallest absolute Gasteiger partial charge is 0.160 e. The molecule has 0 spiro atoms. The fourth-order valence-electron chi connectivity index (χ4n) is 3.60. The average molecular weight is 277 g/mol. The van der Waals surface area contributed by atoms with E-state index in [9.17, 15) is 4.79 Å². The second-order valence-electron chi connectivity index (χ2n) is 5.89. The molecule has 0 atom stereocenters. The fraction of sp³-hybridized carbons (Fsp3) is 0.733. The summed E-state index contributed by atoms with van der Waals surface area (Å²) in [4.78, 5) is 19.6. The second kappa shape index (κ2) is 5.66. The van der Waals surface area contributed by atoms with E-state index in [1.165, 1.54) is 0 Å². The zero-order valence-corrected chi connectivity index (χ0v) is 12.2. The summed E-state index contributed by atoms with van der Waals surface area (Å²) in [7, 11) is 1.95. The predicted octanol–water partition coefficient (Wildman–Crippen LogP) is 1.18. The maximum atomic E-state index is 13.0. The number of hydrogen-bond acceptors (Lipinski definition) is 4. The summed E-state index contributed by atoms with van der Waals surface area (Å²) in [6, 6.07) is 0. The van der Waals surface area contributed by atoms with Crippen LogP contribution < -0.4 is 0 Å². The Morgan fingerprint density at radius 3 is 2.65 bits per heavy atom. The fourth-order valence-corrected chi connectivity index (χ4v) is 3.60. The van der Waals surface area contributed by atoms with Gasteiger partial charge in [0.15, 0.2) is 5.78 Å². The maximum absolute atomic E-state index is 13.0. The van der Waals surface area contributed by atoms with E-state index < -0.39 is 0 Å². The Balaban J connectivity index is 1.79. The van der Waals surface area contributed by atoms with Crippen LogP contribution in [0.5, 0.6) is 0 Å². The molecule has 0 amide bonds. The molecule has 2 fully saturated rings. The van der Waals surface area contributed by atoms with E-state index in [1.54, 1.807) is 6.20 Å². The third-order valence-corrected chi connectivity index (χ3v) is 4.81. The monoisotopic (exact) mass is 277 g/mol. The van der Waals surface area contributed by atoms with Gasteiger partial charge in [0, 0.05) is 32.5 Å². The summed E-state index contributed by atoms with van der Waals surface area (Å²) in [5.74, 6) is 1.21. The van der Waals surface area contributed by atoms with E-state index in [1.807, 2.05) is 17.8 Å². The number of rotatable bonds is 4. The molecule has 0 unspecified atom stereocenters. The summed E-state index contributed by atoms with van der Waals surface area (Å²) in [5.41, 5.74) is -0.254. The van der Waals surface area contributed by atoms with Crippen LogP contribution in [-0.2, 0) is 23.0 Å². The van der Waals surface area contributed by atoms with Gasteiger partial charge in [-0.1, -0.05) is 12.8 Å². The molecule has 110 valence electrons. The lowest BCUT2D eigenvalue weighted by atomic mass is 9.87. The topological polar surface area (TPSA) is 47.4 Å². The number of ketones is 1. The van der Waals surface area contributed by atoms with Crippen molar-refractivity contribution in [2.24, 2.45) is 7.05 Å². The lowest BCUT2D eigenvalue weighted by Crippen LogP contribution is -2.57. The molecule has 1 aromatic heterocycles. The van der Waals surface area contributed by atoms with E-state index in [-0.39, 0.29) is 5.54 Å². The van der Waals surface area contributed by atoms with Gasteiger partial charge in [0.1, 0.15) is 5.82 Å². The molecule has 1 aromatic rings. The Bertz CT molecular complexity index is 471. The lowest BCUT2D eigenvalue weighted by molar-refractivity contribution is -0.134. The molecule has 1 saturated carbocycles. The summed E-state index contributed by atoms with van der Waals surface area (Å²) >= 11 is 0. The highest BCUT2D eigenvalue weighted by atomic mass is 16.5. The molecule has 1 aliphatic carbocycles. The lowest BCUT2D eigenvalue weighted by Gasteiger charge is -2.42. The molecular formula is C15H23N3O2. The van der Waals surface area contributed by atoms with Gasteiger partial charge in [0.25, 0.3) is 0 Å². The molecule has 5 nitrogen and oxygen atoms in total. The molecule has 0 bridgehead atoms. The van der Waals surface area contributed by atoms with Crippen molar-refractivity contribution >= 4 is 5.78 Å². The van der Waals surface area contributed by atoms with Crippen LogP contribution in [0.2, 0.25) is 0 Å². The third-order valence-electron chi connectivity index (χ3n) is 4.81. The van der Waals surface area contributed by atoms with Crippen molar-refractivity contribution < 1.29 is 9.53 Å². The Labute approximate surface area is 119 Å². The van der Waals surface area contributed by atoms with E-state index in [0.29, 0.717) is 12.2 Å². The molecule has 3 rings (SSSR count). The Kier molecular flexibility index (Phi) is 3.89. The van der Waals surface area contributed by atoms with Gasteiger partial charge in [-0.2, -0.15) is 0 Å². The van der Waals surface area contributed by atoms with Crippen LogP contribution in [0.15, 0.2) is 12.4 Å². The van der Waals surface area contributed by atoms with Gasteiger partial charge >= 0.3 is 0 Å². The normalized spacial score (nSPS) is 23.1. The molecule has 1 aliphatic heterocycles. The van der Waals surface area contributed by atoms with Crippen LogP contribution in [0.1, 0.15) is 31.5 Å². The third kappa shape index (κ3) is 2.40. The summed E-state index contributed by atoms with van der Waals surface area (Å²) < 4.78 is 7.38. The first kappa shape index (κ1) is 13.8. The van der Waals surface area contributed by atoms with Gasteiger partial charge in [-0.05, 0) is 12.8 Å². The van der Waals surface area contributed by atoms with Crippen LogP contribution in [-0.4, -0.2) is 52.1 Å². The summed E-state index contributed by atoms with van der Waals surface area (Å²) in [6.07, 6.45) is 8.41. The number of aryl methyl sites for hydroxylation is 1. The molecule has 20 heavy (non-hydrogen) atoms. The van der Waals surface area contributed by atoms with Crippen molar-refractivity contribution in [3.05, 3.63) is 18.2 Å². The molecule has 2 aliphatic rings. The predicted molar refractivity (Wildman–Crippen MR) is 75.5 cm³/mol. The molecule has 2 heterocycles. The van der Waals surface area contributed by atoms with Gasteiger partial charge in [0.2, 0.25) is 0 Å². The van der Waals surface area contributed by atoms with Crippen LogP contribution >= 0.6 is 0 Å². The first-order chi connectivity index (χ1) is 9.72. The number of carbonyl (C=O) groups excluding carboxylic acids is 1. The summed E-state index contributed by atoms with van der Waals surface area (Å²) in [6.45, 7) is 3.26. The minimum atomic E-state index is -0.254. The molecule has 0 radical (unpaired) electrons. The van der Waals surface area contributed by atoms with Crippen molar-refractivity contribution in [1.82, 2.24) is 14.5 Å². The maximum Gasteiger partial charge on any atom is 0.160 e. The number of hydrogen-bond donors (Lipinski definition) is 0. The number of aromatic nitrogens is 2. The van der Waals surface area contributed by atoms with E-state index >= 15 is 0 Å². The second-order valence-corrected chi connectivity index (χ2v) is 5.89. The SMILES string of the molecule is Cn1ccnc1CC(=O)C1(N2CCOCC2)CCCC1. The first-order valence-corrected chi connectivity index (χ1v) is 7.55.